The molecule has 0 fully saturated rings. The molecule has 0 radical (unpaired) electrons. The Kier molecular flexibility index (Phi) is 7.35. The summed E-state index contributed by atoms with van der Waals surface area (Å²) < 4.78 is 5.16. The van der Waals surface area contributed by atoms with E-state index in [9.17, 15) is 19.7 Å². The molecule has 8 nitrogen and oxygen atoms in total. The number of nitro groups is 1. The summed E-state index contributed by atoms with van der Waals surface area (Å²) in [6.07, 6.45) is 6.58. The third-order valence-electron chi connectivity index (χ3n) is 4.19. The molecule has 26 heavy (non-hydrogen) atoms. The molecule has 8 heteroatoms. The van der Waals surface area contributed by atoms with Crippen molar-refractivity contribution >= 4 is 12.1 Å². The number of carbonyl (C=O) groups is 2. The molecular formula is C18H28N2O6. The lowest BCUT2D eigenvalue weighted by atomic mass is 9.75. The van der Waals surface area contributed by atoms with Crippen molar-refractivity contribution in [3.63, 3.8) is 0 Å². The summed E-state index contributed by atoms with van der Waals surface area (Å²) in [5, 5.41) is 23.5. The zero-order valence-electron chi connectivity index (χ0n) is 15.7. The van der Waals surface area contributed by atoms with Crippen LogP contribution in [-0.4, -0.2) is 39.8 Å². The molecule has 146 valence electrons. The fourth-order valence-electron chi connectivity index (χ4n) is 2.96. The van der Waals surface area contributed by atoms with Crippen LogP contribution >= 0.6 is 0 Å². The van der Waals surface area contributed by atoms with Crippen LogP contribution in [0.1, 0.15) is 47.0 Å². The first-order valence-corrected chi connectivity index (χ1v) is 8.74. The molecule has 0 aromatic heterocycles. The average molecular weight is 368 g/mol. The molecule has 0 saturated carbocycles. The number of ether oxygens (including phenoxy) is 1. The van der Waals surface area contributed by atoms with E-state index in [1.165, 1.54) is 24.3 Å². The zero-order valence-corrected chi connectivity index (χ0v) is 15.7. The summed E-state index contributed by atoms with van der Waals surface area (Å²) in [7, 11) is 0. The van der Waals surface area contributed by atoms with Crippen molar-refractivity contribution in [2.75, 3.05) is 6.54 Å². The van der Waals surface area contributed by atoms with Crippen LogP contribution in [0.5, 0.6) is 0 Å². The molecule has 1 unspecified atom stereocenters. The van der Waals surface area contributed by atoms with Gasteiger partial charge in [0.05, 0.1) is 5.92 Å². The number of hydrogen-bond donors (Lipinski definition) is 2. The van der Waals surface area contributed by atoms with Crippen molar-refractivity contribution in [2.24, 2.45) is 11.8 Å². The Morgan fingerprint density at radius 1 is 1.31 bits per heavy atom. The smallest absolute Gasteiger partial charge is 0.407 e. The number of nitrogens with one attached hydrogen (secondary N) is 1. The minimum Gasteiger partial charge on any atom is -0.481 e. The molecule has 0 aromatic rings. The second-order valence-corrected chi connectivity index (χ2v) is 7.43. The summed E-state index contributed by atoms with van der Waals surface area (Å²) in [6.45, 7) is 7.43. The van der Waals surface area contributed by atoms with E-state index in [0.29, 0.717) is 12.8 Å². The van der Waals surface area contributed by atoms with Gasteiger partial charge in [-0.1, -0.05) is 25.5 Å². The minimum atomic E-state index is -1.46. The second kappa shape index (κ2) is 8.82. The SMILES string of the molecule is CCCC(CCNC(=O)OC(C)(C)C)C1([N+](=O)[O-])C=CC(C(=O)O)C=C1. The molecule has 1 amide bonds. The molecule has 0 spiro atoms. The monoisotopic (exact) mass is 368 g/mol. The molecular weight excluding hydrogens is 340 g/mol. The van der Waals surface area contributed by atoms with Crippen molar-refractivity contribution in [1.29, 1.82) is 0 Å². The average Bonchev–Trinajstić information content (AvgIpc) is 2.52. The van der Waals surface area contributed by atoms with Crippen LogP contribution in [0.2, 0.25) is 0 Å². The number of aliphatic carboxylic acids is 1. The number of nitrogens with zero attached hydrogens (tertiary/aromatic N) is 1. The van der Waals surface area contributed by atoms with Crippen molar-refractivity contribution in [3.05, 3.63) is 34.4 Å². The van der Waals surface area contributed by atoms with Crippen LogP contribution in [-0.2, 0) is 9.53 Å². The van der Waals surface area contributed by atoms with Gasteiger partial charge in [0.1, 0.15) is 5.60 Å². The number of carboxylic acid groups (broad SMARTS) is 1. The van der Waals surface area contributed by atoms with E-state index in [4.69, 9.17) is 9.84 Å². The lowest BCUT2D eigenvalue weighted by Gasteiger charge is -2.30. The quantitative estimate of drug-likeness (QED) is 0.386. The van der Waals surface area contributed by atoms with Crippen LogP contribution in [0.25, 0.3) is 0 Å². The third kappa shape index (κ3) is 5.86. The number of carboxylic acids is 1. The first kappa shape index (κ1) is 21.7. The lowest BCUT2D eigenvalue weighted by molar-refractivity contribution is -0.551. The predicted octanol–water partition coefficient (Wildman–Crippen LogP) is 3.16. The Morgan fingerprint density at radius 3 is 2.31 bits per heavy atom. The van der Waals surface area contributed by atoms with E-state index in [1.54, 1.807) is 20.8 Å². The maximum Gasteiger partial charge on any atom is 0.407 e. The molecule has 0 bridgehead atoms. The van der Waals surface area contributed by atoms with Crippen LogP contribution in [0.4, 0.5) is 4.79 Å². The van der Waals surface area contributed by atoms with E-state index in [1.807, 2.05) is 6.92 Å². The van der Waals surface area contributed by atoms with Gasteiger partial charge in [0, 0.05) is 17.4 Å². The van der Waals surface area contributed by atoms with Gasteiger partial charge in [-0.25, -0.2) is 4.79 Å². The molecule has 1 atom stereocenters. The van der Waals surface area contributed by atoms with Gasteiger partial charge >= 0.3 is 12.1 Å². The van der Waals surface area contributed by atoms with Gasteiger partial charge in [-0.15, -0.1) is 0 Å². The topological polar surface area (TPSA) is 119 Å². The van der Waals surface area contributed by atoms with Crippen LogP contribution in [0, 0.1) is 22.0 Å². The van der Waals surface area contributed by atoms with E-state index in [0.717, 1.165) is 6.42 Å². The number of alkyl carbamates (subject to hydrolysis) is 1. The van der Waals surface area contributed by atoms with Gasteiger partial charge in [-0.2, -0.15) is 0 Å². The summed E-state index contributed by atoms with van der Waals surface area (Å²) in [5.41, 5.74) is -2.08. The highest BCUT2D eigenvalue weighted by molar-refractivity contribution is 5.75. The van der Waals surface area contributed by atoms with E-state index < -0.39 is 29.1 Å². The highest BCUT2D eigenvalue weighted by Crippen LogP contribution is 2.34. The van der Waals surface area contributed by atoms with Gasteiger partial charge in [0.25, 0.3) is 5.54 Å². The number of carbonyl (C=O) groups excluding carboxylic acids is 1. The van der Waals surface area contributed by atoms with E-state index >= 15 is 0 Å². The molecule has 1 aliphatic carbocycles. The van der Waals surface area contributed by atoms with Crippen LogP contribution < -0.4 is 5.32 Å². The highest BCUT2D eigenvalue weighted by atomic mass is 16.6. The normalized spacial score (nSPS) is 23.3. The molecule has 1 aliphatic rings. The molecule has 0 aromatic carbocycles. The van der Waals surface area contributed by atoms with Gasteiger partial charge in [0.2, 0.25) is 0 Å². The Balaban J connectivity index is 2.84. The maximum atomic E-state index is 11.8. The first-order chi connectivity index (χ1) is 12.0. The molecule has 2 N–H and O–H groups in total. The summed E-state index contributed by atoms with van der Waals surface area (Å²) in [6, 6.07) is 0. The van der Waals surface area contributed by atoms with E-state index in [-0.39, 0.29) is 17.4 Å². The van der Waals surface area contributed by atoms with Gasteiger partial charge in [-0.3, -0.25) is 14.9 Å². The molecule has 0 heterocycles. The molecule has 0 saturated heterocycles. The Morgan fingerprint density at radius 2 is 1.88 bits per heavy atom. The van der Waals surface area contributed by atoms with Crippen molar-refractivity contribution in [3.8, 4) is 0 Å². The molecule has 0 aliphatic heterocycles. The Hall–Kier alpha value is -2.38. The maximum absolute atomic E-state index is 11.8. The van der Waals surface area contributed by atoms with Crippen LogP contribution in [0.3, 0.4) is 0 Å². The standard InChI is InChI=1S/C18H28N2O6/c1-5-6-14(9-12-19-16(23)26-17(2,3)4)18(20(24)25)10-7-13(8-11-18)15(21)22/h7-8,10-11,13-14H,5-6,9,12H2,1-4H3,(H,19,23)(H,21,22). The fraction of sp³-hybridized carbons (Fsp3) is 0.667. The van der Waals surface area contributed by atoms with Gasteiger partial charge in [-0.05, 0) is 45.8 Å². The van der Waals surface area contributed by atoms with Gasteiger partial charge < -0.3 is 15.2 Å². The third-order valence-corrected chi connectivity index (χ3v) is 4.19. The van der Waals surface area contributed by atoms with Crippen molar-refractivity contribution < 1.29 is 24.4 Å². The number of amides is 1. The fourth-order valence-corrected chi connectivity index (χ4v) is 2.96. The first-order valence-electron chi connectivity index (χ1n) is 8.74. The lowest BCUT2D eigenvalue weighted by Crippen LogP contribution is -2.45. The molecule has 1 rings (SSSR count). The second-order valence-electron chi connectivity index (χ2n) is 7.43. The van der Waals surface area contributed by atoms with Crippen LogP contribution in [0.15, 0.2) is 24.3 Å². The van der Waals surface area contributed by atoms with E-state index in [2.05, 4.69) is 5.32 Å². The number of rotatable bonds is 8. The predicted molar refractivity (Wildman–Crippen MR) is 96.4 cm³/mol. The zero-order chi connectivity index (χ0) is 20.0. The largest absolute Gasteiger partial charge is 0.481 e. The Labute approximate surface area is 153 Å². The number of hydrogen-bond acceptors (Lipinski definition) is 5. The Bertz CT molecular complexity index is 577. The highest BCUT2D eigenvalue weighted by Gasteiger charge is 2.47. The van der Waals surface area contributed by atoms with Crippen molar-refractivity contribution in [1.82, 2.24) is 5.32 Å². The summed E-state index contributed by atoms with van der Waals surface area (Å²) in [5.74, 6) is -2.28. The van der Waals surface area contributed by atoms with Crippen molar-refractivity contribution in [2.45, 2.75) is 58.1 Å². The summed E-state index contributed by atoms with van der Waals surface area (Å²) in [4.78, 5) is 34.2. The summed E-state index contributed by atoms with van der Waals surface area (Å²) >= 11 is 0. The minimum absolute atomic E-state index is 0.235. The van der Waals surface area contributed by atoms with Gasteiger partial charge in [0.15, 0.2) is 0 Å².